The van der Waals surface area contributed by atoms with Crippen molar-refractivity contribution in [2.45, 2.75) is 6.10 Å². The number of aliphatic hydroxyl groups is 1. The summed E-state index contributed by atoms with van der Waals surface area (Å²) in [6.07, 6.45) is -0.621. The molecule has 0 bridgehead atoms. The van der Waals surface area contributed by atoms with Crippen LogP contribution in [0.15, 0.2) is 77.2 Å². The summed E-state index contributed by atoms with van der Waals surface area (Å²) in [4.78, 5) is 0. The zero-order valence-electron chi connectivity index (χ0n) is 11.4. The SMILES string of the molecule is OC(c1ccccc1)c1ccc2oc3ccccc3c2c1. The van der Waals surface area contributed by atoms with Gasteiger partial charge in [-0.25, -0.2) is 0 Å². The van der Waals surface area contributed by atoms with Gasteiger partial charge in [0.2, 0.25) is 0 Å². The van der Waals surface area contributed by atoms with Crippen LogP contribution in [0.1, 0.15) is 17.2 Å². The average molecular weight is 274 g/mol. The molecule has 0 aliphatic carbocycles. The first-order chi connectivity index (χ1) is 10.3. The fourth-order valence-corrected chi connectivity index (χ4v) is 2.74. The van der Waals surface area contributed by atoms with E-state index in [0.717, 1.165) is 33.1 Å². The fraction of sp³-hybridized carbons (Fsp3) is 0.0526. The van der Waals surface area contributed by atoms with Crippen molar-refractivity contribution in [3.8, 4) is 0 Å². The summed E-state index contributed by atoms with van der Waals surface area (Å²) in [5, 5.41) is 12.6. The van der Waals surface area contributed by atoms with E-state index in [9.17, 15) is 5.11 Å². The molecule has 0 radical (unpaired) electrons. The van der Waals surface area contributed by atoms with Crippen LogP contribution in [-0.2, 0) is 0 Å². The van der Waals surface area contributed by atoms with Gasteiger partial charge in [0.05, 0.1) is 0 Å². The predicted octanol–water partition coefficient (Wildman–Crippen LogP) is 4.67. The minimum atomic E-state index is -0.621. The van der Waals surface area contributed by atoms with Crippen molar-refractivity contribution >= 4 is 21.9 Å². The second-order valence-corrected chi connectivity index (χ2v) is 5.17. The lowest BCUT2D eigenvalue weighted by Gasteiger charge is -2.11. The van der Waals surface area contributed by atoms with Gasteiger partial charge in [0.25, 0.3) is 0 Å². The van der Waals surface area contributed by atoms with Gasteiger partial charge in [-0.2, -0.15) is 0 Å². The van der Waals surface area contributed by atoms with E-state index in [0.29, 0.717) is 0 Å². The standard InChI is InChI=1S/C19H14O2/c20-19(13-6-2-1-3-7-13)14-10-11-18-16(12-14)15-8-4-5-9-17(15)21-18/h1-12,19-20H. The minimum absolute atomic E-state index is 0.621. The van der Waals surface area contributed by atoms with E-state index in [2.05, 4.69) is 0 Å². The smallest absolute Gasteiger partial charge is 0.135 e. The fourth-order valence-electron chi connectivity index (χ4n) is 2.74. The Morgan fingerprint density at radius 1 is 0.667 bits per heavy atom. The highest BCUT2D eigenvalue weighted by molar-refractivity contribution is 6.05. The Balaban J connectivity index is 1.88. The molecule has 0 aliphatic heterocycles. The molecule has 1 aromatic heterocycles. The Kier molecular flexibility index (Phi) is 2.76. The highest BCUT2D eigenvalue weighted by atomic mass is 16.3. The summed E-state index contributed by atoms with van der Waals surface area (Å²) in [7, 11) is 0. The van der Waals surface area contributed by atoms with Crippen molar-refractivity contribution < 1.29 is 9.52 Å². The molecular formula is C19H14O2. The maximum Gasteiger partial charge on any atom is 0.135 e. The Morgan fingerprint density at radius 2 is 1.38 bits per heavy atom. The van der Waals surface area contributed by atoms with E-state index < -0.39 is 6.10 Å². The molecular weight excluding hydrogens is 260 g/mol. The normalized spacial score (nSPS) is 12.8. The predicted molar refractivity (Wildman–Crippen MR) is 84.2 cm³/mol. The number of benzene rings is 3. The van der Waals surface area contributed by atoms with Crippen LogP contribution in [0, 0.1) is 0 Å². The summed E-state index contributed by atoms with van der Waals surface area (Å²) in [6.45, 7) is 0. The molecule has 0 saturated heterocycles. The topological polar surface area (TPSA) is 33.4 Å². The highest BCUT2D eigenvalue weighted by Gasteiger charge is 2.13. The van der Waals surface area contributed by atoms with Crippen LogP contribution in [0.4, 0.5) is 0 Å². The average Bonchev–Trinajstić information content (AvgIpc) is 2.93. The number of hydrogen-bond acceptors (Lipinski definition) is 2. The molecule has 0 aliphatic rings. The van der Waals surface area contributed by atoms with E-state index in [4.69, 9.17) is 4.42 Å². The van der Waals surface area contributed by atoms with Crippen molar-refractivity contribution in [3.05, 3.63) is 83.9 Å². The van der Waals surface area contributed by atoms with Crippen LogP contribution in [0.2, 0.25) is 0 Å². The summed E-state index contributed by atoms with van der Waals surface area (Å²) >= 11 is 0. The maximum atomic E-state index is 10.5. The molecule has 102 valence electrons. The molecule has 4 rings (SSSR count). The monoisotopic (exact) mass is 274 g/mol. The zero-order valence-corrected chi connectivity index (χ0v) is 11.4. The van der Waals surface area contributed by atoms with Crippen LogP contribution in [0.25, 0.3) is 21.9 Å². The molecule has 21 heavy (non-hydrogen) atoms. The molecule has 1 unspecified atom stereocenters. The molecule has 0 amide bonds. The van der Waals surface area contributed by atoms with Crippen LogP contribution in [0.3, 0.4) is 0 Å². The number of fused-ring (bicyclic) bond motifs is 3. The summed E-state index contributed by atoms with van der Waals surface area (Å²) in [5.41, 5.74) is 3.49. The highest BCUT2D eigenvalue weighted by Crippen LogP contribution is 2.32. The first-order valence-electron chi connectivity index (χ1n) is 6.97. The van der Waals surface area contributed by atoms with Gasteiger partial charge in [0.1, 0.15) is 17.3 Å². The van der Waals surface area contributed by atoms with Crippen LogP contribution in [-0.4, -0.2) is 5.11 Å². The third-order valence-electron chi connectivity index (χ3n) is 3.83. The largest absolute Gasteiger partial charge is 0.456 e. The van der Waals surface area contributed by atoms with Gasteiger partial charge in [0, 0.05) is 10.8 Å². The molecule has 1 N–H and O–H groups in total. The first-order valence-corrected chi connectivity index (χ1v) is 6.97. The summed E-state index contributed by atoms with van der Waals surface area (Å²) in [5.74, 6) is 0. The van der Waals surface area contributed by atoms with Gasteiger partial charge < -0.3 is 9.52 Å². The molecule has 1 atom stereocenters. The van der Waals surface area contributed by atoms with E-state index in [1.165, 1.54) is 0 Å². The molecule has 1 heterocycles. The Bertz CT molecular complexity index is 907. The lowest BCUT2D eigenvalue weighted by atomic mass is 10.00. The Hall–Kier alpha value is -2.58. The quantitative estimate of drug-likeness (QED) is 0.576. The van der Waals surface area contributed by atoms with Gasteiger partial charge in [-0.05, 0) is 29.3 Å². The number of rotatable bonds is 2. The second kappa shape index (κ2) is 4.76. The van der Waals surface area contributed by atoms with Crippen LogP contribution in [0.5, 0.6) is 0 Å². The van der Waals surface area contributed by atoms with Gasteiger partial charge in [-0.1, -0.05) is 54.6 Å². The van der Waals surface area contributed by atoms with Crippen LogP contribution < -0.4 is 0 Å². The Labute approximate surface area is 122 Å². The number of hydrogen-bond donors (Lipinski definition) is 1. The molecule has 3 aromatic carbocycles. The van der Waals surface area contributed by atoms with E-state index in [1.807, 2.05) is 72.8 Å². The minimum Gasteiger partial charge on any atom is -0.456 e. The first kappa shape index (κ1) is 12.2. The van der Waals surface area contributed by atoms with Gasteiger partial charge in [-0.3, -0.25) is 0 Å². The van der Waals surface area contributed by atoms with E-state index >= 15 is 0 Å². The molecule has 0 fully saturated rings. The molecule has 0 spiro atoms. The molecule has 2 nitrogen and oxygen atoms in total. The van der Waals surface area contributed by atoms with Crippen molar-refractivity contribution in [3.63, 3.8) is 0 Å². The van der Waals surface area contributed by atoms with E-state index in [1.54, 1.807) is 0 Å². The van der Waals surface area contributed by atoms with Crippen molar-refractivity contribution in [1.29, 1.82) is 0 Å². The lowest BCUT2D eigenvalue weighted by molar-refractivity contribution is 0.220. The van der Waals surface area contributed by atoms with Crippen LogP contribution >= 0.6 is 0 Å². The third-order valence-corrected chi connectivity index (χ3v) is 3.83. The number of aliphatic hydroxyl groups excluding tert-OH is 1. The molecule has 4 aromatic rings. The summed E-state index contributed by atoms with van der Waals surface area (Å²) in [6, 6.07) is 23.5. The maximum absolute atomic E-state index is 10.5. The van der Waals surface area contributed by atoms with Gasteiger partial charge in [0.15, 0.2) is 0 Å². The van der Waals surface area contributed by atoms with Crippen molar-refractivity contribution in [2.75, 3.05) is 0 Å². The Morgan fingerprint density at radius 3 is 2.24 bits per heavy atom. The molecule has 0 saturated carbocycles. The third kappa shape index (κ3) is 2.01. The van der Waals surface area contributed by atoms with E-state index in [-0.39, 0.29) is 0 Å². The summed E-state index contributed by atoms with van der Waals surface area (Å²) < 4.78 is 5.81. The van der Waals surface area contributed by atoms with Gasteiger partial charge in [-0.15, -0.1) is 0 Å². The van der Waals surface area contributed by atoms with Crippen molar-refractivity contribution in [1.82, 2.24) is 0 Å². The second-order valence-electron chi connectivity index (χ2n) is 5.17. The van der Waals surface area contributed by atoms with Gasteiger partial charge >= 0.3 is 0 Å². The number of para-hydroxylation sites is 1. The number of furan rings is 1. The van der Waals surface area contributed by atoms with Crippen molar-refractivity contribution in [2.24, 2.45) is 0 Å². The zero-order chi connectivity index (χ0) is 14.2. The molecule has 2 heteroatoms. The lowest BCUT2D eigenvalue weighted by Crippen LogP contribution is -1.98.